The first-order valence-corrected chi connectivity index (χ1v) is 15.1. The SMILES string of the molecule is O=S(=O)(c1ccccc1)c1ccccc1CCCCCCc1ccccc1S(=O)(=O)c1ccccc1. The Labute approximate surface area is 214 Å². The fourth-order valence-electron chi connectivity index (χ4n) is 4.38. The molecular weight excluding hydrogens is 488 g/mol. The summed E-state index contributed by atoms with van der Waals surface area (Å²) >= 11 is 0. The van der Waals surface area contributed by atoms with E-state index in [1.165, 1.54) is 0 Å². The Morgan fingerprint density at radius 3 is 1.11 bits per heavy atom. The Morgan fingerprint density at radius 1 is 0.389 bits per heavy atom. The first-order valence-electron chi connectivity index (χ1n) is 12.2. The molecule has 0 atom stereocenters. The van der Waals surface area contributed by atoms with Gasteiger partial charge < -0.3 is 0 Å². The van der Waals surface area contributed by atoms with Gasteiger partial charge in [0.2, 0.25) is 19.7 Å². The zero-order chi connectivity index (χ0) is 25.4. The maximum absolute atomic E-state index is 13.1. The quantitative estimate of drug-likeness (QED) is 0.207. The standard InChI is InChI=1S/C30H30O4S2/c31-35(32,27-19-7-3-8-20-27)29-23-13-11-17-25(29)15-5-1-2-6-16-26-18-12-14-24-30(26)36(33,34)28-21-9-4-10-22-28/h3-4,7-14,17-24H,1-2,5-6,15-16H2. The molecule has 0 saturated heterocycles. The lowest BCUT2D eigenvalue weighted by Gasteiger charge is -2.12. The van der Waals surface area contributed by atoms with E-state index in [0.717, 1.165) is 36.8 Å². The van der Waals surface area contributed by atoms with Crippen molar-refractivity contribution >= 4 is 19.7 Å². The number of aryl methyl sites for hydroxylation is 2. The molecular formula is C30H30O4S2. The van der Waals surface area contributed by atoms with Gasteiger partial charge in [-0.3, -0.25) is 0 Å². The van der Waals surface area contributed by atoms with Gasteiger partial charge in [-0.1, -0.05) is 85.6 Å². The molecule has 0 aromatic heterocycles. The van der Waals surface area contributed by atoms with Crippen molar-refractivity contribution in [2.24, 2.45) is 0 Å². The maximum Gasteiger partial charge on any atom is 0.206 e. The van der Waals surface area contributed by atoms with Gasteiger partial charge in [0.1, 0.15) is 0 Å². The van der Waals surface area contributed by atoms with Crippen molar-refractivity contribution in [3.63, 3.8) is 0 Å². The molecule has 4 aromatic rings. The zero-order valence-corrected chi connectivity index (χ0v) is 21.7. The van der Waals surface area contributed by atoms with Gasteiger partial charge in [0, 0.05) is 0 Å². The van der Waals surface area contributed by atoms with Crippen LogP contribution in [0.3, 0.4) is 0 Å². The molecule has 0 aliphatic heterocycles. The van der Waals surface area contributed by atoms with Crippen molar-refractivity contribution in [1.82, 2.24) is 0 Å². The van der Waals surface area contributed by atoms with E-state index in [9.17, 15) is 16.8 Å². The lowest BCUT2D eigenvalue weighted by atomic mass is 10.0. The van der Waals surface area contributed by atoms with Crippen LogP contribution >= 0.6 is 0 Å². The van der Waals surface area contributed by atoms with Crippen LogP contribution in [0.4, 0.5) is 0 Å². The summed E-state index contributed by atoms with van der Waals surface area (Å²) in [4.78, 5) is 1.36. The van der Waals surface area contributed by atoms with E-state index in [0.29, 0.717) is 32.4 Å². The summed E-state index contributed by atoms with van der Waals surface area (Å²) in [5.41, 5.74) is 1.67. The smallest absolute Gasteiger partial charge is 0.206 e. The summed E-state index contributed by atoms with van der Waals surface area (Å²) in [7, 11) is -7.10. The third-order valence-electron chi connectivity index (χ3n) is 6.27. The minimum atomic E-state index is -3.55. The maximum atomic E-state index is 13.1. The molecule has 186 valence electrons. The van der Waals surface area contributed by atoms with Gasteiger partial charge in [-0.15, -0.1) is 0 Å². The largest absolute Gasteiger partial charge is 0.219 e. The van der Waals surface area contributed by atoms with Crippen LogP contribution in [0, 0.1) is 0 Å². The summed E-state index contributed by atoms with van der Waals surface area (Å²) in [5, 5.41) is 0. The lowest BCUT2D eigenvalue weighted by Crippen LogP contribution is -2.06. The summed E-state index contributed by atoms with van der Waals surface area (Å²) in [6.07, 6.45) is 4.97. The number of hydrogen-bond acceptors (Lipinski definition) is 4. The van der Waals surface area contributed by atoms with Gasteiger partial charge in [-0.2, -0.15) is 0 Å². The van der Waals surface area contributed by atoms with Crippen LogP contribution in [-0.2, 0) is 32.5 Å². The average Bonchev–Trinajstić information content (AvgIpc) is 2.92. The van der Waals surface area contributed by atoms with Crippen LogP contribution in [0.2, 0.25) is 0 Å². The second-order valence-corrected chi connectivity index (χ2v) is 12.6. The summed E-state index contributed by atoms with van der Waals surface area (Å²) in [6, 6.07) is 31.5. The molecule has 0 radical (unpaired) electrons. The molecule has 4 aromatic carbocycles. The van der Waals surface area contributed by atoms with E-state index >= 15 is 0 Å². The molecule has 0 saturated carbocycles. The number of sulfone groups is 2. The highest BCUT2D eigenvalue weighted by Crippen LogP contribution is 2.27. The van der Waals surface area contributed by atoms with E-state index in [1.807, 2.05) is 24.3 Å². The Hall–Kier alpha value is -3.22. The highest BCUT2D eigenvalue weighted by molar-refractivity contribution is 7.91. The first-order chi connectivity index (χ1) is 17.4. The van der Waals surface area contributed by atoms with E-state index in [4.69, 9.17) is 0 Å². The van der Waals surface area contributed by atoms with Gasteiger partial charge in [-0.25, -0.2) is 16.8 Å². The van der Waals surface area contributed by atoms with Crippen LogP contribution < -0.4 is 0 Å². The number of hydrogen-bond donors (Lipinski definition) is 0. The fraction of sp³-hybridized carbons (Fsp3) is 0.200. The minimum absolute atomic E-state index is 0.307. The first kappa shape index (κ1) is 25.9. The van der Waals surface area contributed by atoms with Crippen molar-refractivity contribution in [2.75, 3.05) is 0 Å². The van der Waals surface area contributed by atoms with Gasteiger partial charge in [0.05, 0.1) is 19.6 Å². The summed E-state index contributed by atoms with van der Waals surface area (Å²) in [6.45, 7) is 0. The monoisotopic (exact) mass is 518 g/mol. The number of rotatable bonds is 11. The molecule has 4 nitrogen and oxygen atoms in total. The second kappa shape index (κ2) is 11.7. The van der Waals surface area contributed by atoms with Crippen molar-refractivity contribution < 1.29 is 16.8 Å². The van der Waals surface area contributed by atoms with Gasteiger partial charge >= 0.3 is 0 Å². The van der Waals surface area contributed by atoms with Crippen LogP contribution in [0.5, 0.6) is 0 Å². The molecule has 0 aliphatic rings. The highest BCUT2D eigenvalue weighted by atomic mass is 32.2. The predicted molar refractivity (Wildman–Crippen MR) is 143 cm³/mol. The van der Waals surface area contributed by atoms with Crippen molar-refractivity contribution in [1.29, 1.82) is 0 Å². The zero-order valence-electron chi connectivity index (χ0n) is 20.1. The average molecular weight is 519 g/mol. The third-order valence-corrected chi connectivity index (χ3v) is 10.0. The van der Waals surface area contributed by atoms with E-state index in [1.54, 1.807) is 84.9 Å². The highest BCUT2D eigenvalue weighted by Gasteiger charge is 2.21. The Kier molecular flexibility index (Phi) is 8.39. The second-order valence-electron chi connectivity index (χ2n) is 8.76. The van der Waals surface area contributed by atoms with Crippen LogP contribution in [0.25, 0.3) is 0 Å². The fourth-order valence-corrected chi connectivity index (χ4v) is 7.47. The molecule has 0 aliphatic carbocycles. The molecule has 0 spiro atoms. The predicted octanol–water partition coefficient (Wildman–Crippen LogP) is 6.70. The molecule has 0 heterocycles. The van der Waals surface area contributed by atoms with Crippen LogP contribution in [-0.4, -0.2) is 16.8 Å². The third kappa shape index (κ3) is 5.94. The van der Waals surface area contributed by atoms with Crippen LogP contribution in [0.15, 0.2) is 129 Å². The molecule has 0 unspecified atom stereocenters. The molecule has 0 fully saturated rings. The Bertz CT molecular complexity index is 1380. The van der Waals surface area contributed by atoms with E-state index < -0.39 is 19.7 Å². The van der Waals surface area contributed by atoms with Gasteiger partial charge in [0.15, 0.2) is 0 Å². The van der Waals surface area contributed by atoms with Crippen molar-refractivity contribution in [2.45, 2.75) is 58.1 Å². The number of benzene rings is 4. The van der Waals surface area contributed by atoms with Gasteiger partial charge in [0.25, 0.3) is 0 Å². The topological polar surface area (TPSA) is 68.3 Å². The van der Waals surface area contributed by atoms with Crippen molar-refractivity contribution in [3.05, 3.63) is 120 Å². The lowest BCUT2D eigenvalue weighted by molar-refractivity contribution is 0.589. The normalized spacial score (nSPS) is 11.9. The molecule has 4 rings (SSSR count). The van der Waals surface area contributed by atoms with Gasteiger partial charge in [-0.05, 0) is 73.2 Å². The molecule has 6 heteroatoms. The summed E-state index contributed by atoms with van der Waals surface area (Å²) in [5.74, 6) is 0. The minimum Gasteiger partial charge on any atom is -0.219 e. The van der Waals surface area contributed by atoms with E-state index in [2.05, 4.69) is 0 Å². The van der Waals surface area contributed by atoms with Crippen molar-refractivity contribution in [3.8, 4) is 0 Å². The molecule has 0 N–H and O–H groups in total. The molecule has 0 amide bonds. The molecule has 36 heavy (non-hydrogen) atoms. The Morgan fingerprint density at radius 2 is 0.722 bits per heavy atom. The van der Waals surface area contributed by atoms with Crippen LogP contribution in [0.1, 0.15) is 36.8 Å². The molecule has 0 bridgehead atoms. The Balaban J connectivity index is 1.35. The number of unbranched alkanes of at least 4 members (excludes halogenated alkanes) is 3. The van der Waals surface area contributed by atoms with E-state index in [-0.39, 0.29) is 0 Å². The summed E-state index contributed by atoms with van der Waals surface area (Å²) < 4.78 is 52.5.